The Labute approximate surface area is 191 Å². The minimum absolute atomic E-state index is 0. The van der Waals surface area contributed by atoms with Crippen LogP contribution in [0, 0.1) is 0 Å². The summed E-state index contributed by atoms with van der Waals surface area (Å²) in [7, 11) is 0. The van der Waals surface area contributed by atoms with E-state index in [0.29, 0.717) is 6.61 Å². The van der Waals surface area contributed by atoms with Gasteiger partial charge < -0.3 is 15.2 Å². The third-order valence-corrected chi connectivity index (χ3v) is 5.36. The van der Waals surface area contributed by atoms with Gasteiger partial charge in [-0.1, -0.05) is 42.8 Å². The second kappa shape index (κ2) is 11.9. The molecule has 0 atom stereocenters. The fourth-order valence-electron chi connectivity index (χ4n) is 3.74. The maximum atomic E-state index is 6.06. The molecule has 0 amide bonds. The largest absolute Gasteiger partial charge is 0.492 e. The standard InChI is InChI=1S/C24H28N2O2.2ClH/c25-23-12-13-24(22-7-3-2-6-21(22)23)28-18-19-8-10-20(11-9-19)27-17-16-26-14-4-1-5-15-26;;/h2-3,6-13H,1,4-5,14-18,25H2;2*1H. The number of nitrogens with zero attached hydrogens (tertiary/aromatic N) is 1. The molecule has 1 aliphatic rings. The first kappa shape index (κ1) is 24.1. The first-order valence-corrected chi connectivity index (χ1v) is 10.1. The number of piperidine rings is 1. The van der Waals surface area contributed by atoms with Gasteiger partial charge in [0.2, 0.25) is 0 Å². The number of hydrogen-bond donors (Lipinski definition) is 1. The topological polar surface area (TPSA) is 47.7 Å². The van der Waals surface area contributed by atoms with Crippen molar-refractivity contribution in [2.75, 3.05) is 32.0 Å². The van der Waals surface area contributed by atoms with E-state index >= 15 is 0 Å². The Morgan fingerprint density at radius 2 is 1.47 bits per heavy atom. The van der Waals surface area contributed by atoms with Gasteiger partial charge in [0.05, 0.1) is 0 Å². The van der Waals surface area contributed by atoms with Crippen molar-refractivity contribution in [3.63, 3.8) is 0 Å². The fraction of sp³-hybridized carbons (Fsp3) is 0.333. The van der Waals surface area contributed by atoms with Crippen LogP contribution in [0.3, 0.4) is 0 Å². The molecule has 1 heterocycles. The summed E-state index contributed by atoms with van der Waals surface area (Å²) in [5.41, 5.74) is 7.95. The van der Waals surface area contributed by atoms with Gasteiger partial charge in [-0.25, -0.2) is 0 Å². The van der Waals surface area contributed by atoms with E-state index in [2.05, 4.69) is 17.0 Å². The lowest BCUT2D eigenvalue weighted by Crippen LogP contribution is -2.33. The minimum Gasteiger partial charge on any atom is -0.492 e. The van der Waals surface area contributed by atoms with Crippen LogP contribution < -0.4 is 15.2 Å². The number of benzene rings is 3. The SMILES string of the molecule is Cl.Cl.Nc1ccc(OCc2ccc(OCCN3CCCCC3)cc2)c2ccccc12. The highest BCUT2D eigenvalue weighted by Gasteiger charge is 2.09. The molecule has 4 nitrogen and oxygen atoms in total. The number of fused-ring (bicyclic) bond motifs is 1. The highest BCUT2D eigenvalue weighted by molar-refractivity contribution is 5.96. The Bertz CT molecular complexity index is 913. The lowest BCUT2D eigenvalue weighted by Gasteiger charge is -2.26. The lowest BCUT2D eigenvalue weighted by molar-refractivity contribution is 0.183. The molecule has 0 aromatic heterocycles. The molecular weight excluding hydrogens is 419 g/mol. The Hall–Kier alpha value is -2.14. The molecule has 30 heavy (non-hydrogen) atoms. The van der Waals surface area contributed by atoms with Crippen molar-refractivity contribution in [1.29, 1.82) is 0 Å². The normalized spacial score (nSPS) is 13.9. The number of hydrogen-bond acceptors (Lipinski definition) is 4. The van der Waals surface area contributed by atoms with Gasteiger partial charge in [-0.2, -0.15) is 0 Å². The van der Waals surface area contributed by atoms with Crippen molar-refractivity contribution >= 4 is 41.3 Å². The number of ether oxygens (including phenoxy) is 2. The molecule has 0 radical (unpaired) electrons. The van der Waals surface area contributed by atoms with E-state index < -0.39 is 0 Å². The molecule has 1 aliphatic heterocycles. The molecule has 0 spiro atoms. The summed E-state index contributed by atoms with van der Waals surface area (Å²) in [6, 6.07) is 20.1. The summed E-state index contributed by atoms with van der Waals surface area (Å²) < 4.78 is 12.0. The van der Waals surface area contributed by atoms with Crippen LogP contribution >= 0.6 is 24.8 Å². The van der Waals surface area contributed by atoms with E-state index in [1.54, 1.807) is 0 Å². The van der Waals surface area contributed by atoms with Gasteiger partial charge in [-0.15, -0.1) is 24.8 Å². The van der Waals surface area contributed by atoms with Crippen molar-refractivity contribution in [2.24, 2.45) is 0 Å². The number of nitrogen functional groups attached to an aromatic ring is 1. The van der Waals surface area contributed by atoms with Crippen molar-refractivity contribution in [2.45, 2.75) is 25.9 Å². The predicted octanol–water partition coefficient (Wildman–Crippen LogP) is 5.71. The van der Waals surface area contributed by atoms with Crippen molar-refractivity contribution < 1.29 is 9.47 Å². The average Bonchev–Trinajstić information content (AvgIpc) is 2.75. The van der Waals surface area contributed by atoms with Crippen LogP contribution in [-0.2, 0) is 6.61 Å². The first-order chi connectivity index (χ1) is 13.8. The maximum absolute atomic E-state index is 6.06. The van der Waals surface area contributed by atoms with Crippen LogP contribution in [0.15, 0.2) is 60.7 Å². The van der Waals surface area contributed by atoms with Gasteiger partial charge in [0.25, 0.3) is 0 Å². The van der Waals surface area contributed by atoms with Gasteiger partial charge in [-0.05, 0) is 55.8 Å². The molecule has 0 saturated carbocycles. The number of anilines is 1. The van der Waals surface area contributed by atoms with E-state index in [1.807, 2.05) is 48.5 Å². The quantitative estimate of drug-likeness (QED) is 0.470. The molecule has 3 aromatic rings. The number of halogens is 2. The molecule has 2 N–H and O–H groups in total. The van der Waals surface area contributed by atoms with E-state index in [-0.39, 0.29) is 24.8 Å². The minimum atomic E-state index is 0. The molecule has 162 valence electrons. The Balaban J connectivity index is 0.00000160. The fourth-order valence-corrected chi connectivity index (χ4v) is 3.74. The van der Waals surface area contributed by atoms with Gasteiger partial charge in [-0.3, -0.25) is 4.90 Å². The Morgan fingerprint density at radius 1 is 0.767 bits per heavy atom. The number of nitrogens with two attached hydrogens (primary N) is 1. The van der Waals surface area contributed by atoms with Crippen LogP contribution in [0.1, 0.15) is 24.8 Å². The van der Waals surface area contributed by atoms with Crippen molar-refractivity contribution in [3.8, 4) is 11.5 Å². The summed E-state index contributed by atoms with van der Waals surface area (Å²) in [5, 5.41) is 2.07. The third kappa shape index (κ3) is 6.18. The van der Waals surface area contributed by atoms with Crippen LogP contribution in [0.25, 0.3) is 10.8 Å². The summed E-state index contributed by atoms with van der Waals surface area (Å²) in [5.74, 6) is 1.77. The van der Waals surface area contributed by atoms with Gasteiger partial charge in [0, 0.05) is 23.0 Å². The monoisotopic (exact) mass is 448 g/mol. The second-order valence-corrected chi connectivity index (χ2v) is 7.38. The number of likely N-dealkylation sites (tertiary alicyclic amines) is 1. The number of rotatable bonds is 7. The summed E-state index contributed by atoms with van der Waals surface area (Å²) in [4.78, 5) is 2.49. The first-order valence-electron chi connectivity index (χ1n) is 10.1. The van der Waals surface area contributed by atoms with Gasteiger partial charge in [0.15, 0.2) is 0 Å². The third-order valence-electron chi connectivity index (χ3n) is 5.36. The molecule has 0 bridgehead atoms. The Morgan fingerprint density at radius 3 is 2.20 bits per heavy atom. The van der Waals surface area contributed by atoms with Crippen LogP contribution in [0.2, 0.25) is 0 Å². The lowest BCUT2D eigenvalue weighted by atomic mass is 10.1. The zero-order chi connectivity index (χ0) is 19.2. The van der Waals surface area contributed by atoms with Crippen LogP contribution in [0.5, 0.6) is 11.5 Å². The zero-order valence-corrected chi connectivity index (χ0v) is 18.7. The summed E-state index contributed by atoms with van der Waals surface area (Å²) in [6.45, 7) is 4.68. The summed E-state index contributed by atoms with van der Waals surface area (Å²) in [6.07, 6.45) is 4.00. The predicted molar refractivity (Wildman–Crippen MR) is 129 cm³/mol. The highest BCUT2D eigenvalue weighted by atomic mass is 35.5. The molecule has 0 aliphatic carbocycles. The maximum Gasteiger partial charge on any atom is 0.127 e. The summed E-state index contributed by atoms with van der Waals surface area (Å²) >= 11 is 0. The average molecular weight is 449 g/mol. The van der Waals surface area contributed by atoms with Gasteiger partial charge in [0.1, 0.15) is 24.7 Å². The molecule has 0 unspecified atom stereocenters. The van der Waals surface area contributed by atoms with Crippen molar-refractivity contribution in [1.82, 2.24) is 4.90 Å². The van der Waals surface area contributed by atoms with Crippen molar-refractivity contribution in [3.05, 3.63) is 66.2 Å². The molecule has 6 heteroatoms. The molecule has 1 fully saturated rings. The van der Waals surface area contributed by atoms with Gasteiger partial charge >= 0.3 is 0 Å². The molecule has 3 aromatic carbocycles. The van der Waals surface area contributed by atoms with Crippen LogP contribution in [-0.4, -0.2) is 31.1 Å². The van der Waals surface area contributed by atoms with E-state index in [1.165, 1.54) is 32.4 Å². The molecule has 1 saturated heterocycles. The molecule has 4 rings (SSSR count). The van der Waals surface area contributed by atoms with Crippen LogP contribution in [0.4, 0.5) is 5.69 Å². The van der Waals surface area contributed by atoms with E-state index in [9.17, 15) is 0 Å². The smallest absolute Gasteiger partial charge is 0.127 e. The zero-order valence-electron chi connectivity index (χ0n) is 17.1. The Kier molecular flexibility index (Phi) is 9.57. The molecular formula is C24H30Cl2N2O2. The van der Waals surface area contributed by atoms with E-state index in [4.69, 9.17) is 15.2 Å². The second-order valence-electron chi connectivity index (χ2n) is 7.38. The van der Waals surface area contributed by atoms with E-state index in [0.717, 1.165) is 46.7 Å². The highest BCUT2D eigenvalue weighted by Crippen LogP contribution is 2.30.